The van der Waals surface area contributed by atoms with E-state index in [0.717, 1.165) is 16.5 Å². The maximum Gasteiger partial charge on any atom is 0.199 e. The number of benzene rings is 2. The zero-order valence-corrected chi connectivity index (χ0v) is 18.7. The summed E-state index contributed by atoms with van der Waals surface area (Å²) in [6, 6.07) is 14.9. The van der Waals surface area contributed by atoms with Crippen molar-refractivity contribution in [1.82, 2.24) is 10.3 Å². The molecule has 2 aromatic carbocycles. The summed E-state index contributed by atoms with van der Waals surface area (Å²) in [4.78, 5) is 13.1. The number of nitrogens with zero attached hydrogens (tertiary/aromatic N) is 2. The lowest BCUT2D eigenvalue weighted by atomic mass is 10.0. The summed E-state index contributed by atoms with van der Waals surface area (Å²) in [6.07, 6.45) is -6.24. The van der Waals surface area contributed by atoms with Crippen molar-refractivity contribution in [3.63, 3.8) is 0 Å². The summed E-state index contributed by atoms with van der Waals surface area (Å²) < 4.78 is 0. The minimum Gasteiger partial charge on any atom is -0.494 e. The predicted octanol–water partition coefficient (Wildman–Crippen LogP) is -0.246. The molecule has 11 heteroatoms. The number of aliphatic imine (C=N–C) groups is 1. The van der Waals surface area contributed by atoms with Crippen LogP contribution in [0.15, 0.2) is 58.7 Å². The van der Waals surface area contributed by atoms with Crippen LogP contribution >= 0.6 is 0 Å². The molecule has 0 aliphatic carbocycles. The Bertz CT molecular complexity index is 1230. The van der Waals surface area contributed by atoms with Crippen LogP contribution in [0.2, 0.25) is 0 Å². The Morgan fingerprint density at radius 3 is 2.49 bits per heavy atom. The minimum absolute atomic E-state index is 0.0202. The van der Waals surface area contributed by atoms with Gasteiger partial charge in [-0.3, -0.25) is 0 Å². The maximum absolute atomic E-state index is 10.6. The van der Waals surface area contributed by atoms with Crippen molar-refractivity contribution in [3.05, 3.63) is 59.7 Å². The molecule has 8 N–H and O–H groups in total. The van der Waals surface area contributed by atoms with Crippen LogP contribution in [0.5, 0.6) is 5.88 Å². The van der Waals surface area contributed by atoms with Gasteiger partial charge in [0.1, 0.15) is 36.3 Å². The Morgan fingerprint density at radius 1 is 0.971 bits per heavy atom. The van der Waals surface area contributed by atoms with E-state index in [-0.39, 0.29) is 25.6 Å². The van der Waals surface area contributed by atoms with Crippen LogP contribution in [0, 0.1) is 0 Å². The lowest BCUT2D eigenvalue weighted by Gasteiger charge is -2.25. The van der Waals surface area contributed by atoms with Crippen LogP contribution in [0.25, 0.3) is 10.9 Å². The molecule has 4 rings (SSSR count). The number of aliphatic hydroxyl groups excluding tert-OH is 5. The van der Waals surface area contributed by atoms with Gasteiger partial charge in [0.05, 0.1) is 24.0 Å². The van der Waals surface area contributed by atoms with Crippen LogP contribution in [0.3, 0.4) is 0 Å². The summed E-state index contributed by atoms with van der Waals surface area (Å²) in [7, 11) is 0. The highest BCUT2D eigenvalue weighted by Crippen LogP contribution is 2.35. The normalized spacial score (nSPS) is 17.7. The number of nitrogens with one attached hydrogen (secondary N) is 2. The van der Waals surface area contributed by atoms with Crippen molar-refractivity contribution in [1.29, 1.82) is 0 Å². The number of H-pyrrole nitrogens is 1. The first-order valence-electron chi connectivity index (χ1n) is 11.1. The number of aromatic amines is 1. The Morgan fingerprint density at radius 2 is 1.69 bits per heavy atom. The van der Waals surface area contributed by atoms with Crippen molar-refractivity contribution in [2.75, 3.05) is 26.3 Å². The molecule has 0 radical (unpaired) electrons. The van der Waals surface area contributed by atoms with E-state index >= 15 is 0 Å². The number of hydrogen-bond donors (Lipinski definition) is 8. The molecule has 0 spiro atoms. The van der Waals surface area contributed by atoms with Gasteiger partial charge in [-0.1, -0.05) is 41.6 Å². The fourth-order valence-electron chi connectivity index (χ4n) is 3.87. The van der Waals surface area contributed by atoms with E-state index in [0.29, 0.717) is 22.7 Å². The molecule has 0 bridgehead atoms. The number of para-hydroxylation sites is 2. The molecule has 0 amide bonds. The zero-order valence-electron chi connectivity index (χ0n) is 18.7. The molecule has 0 saturated heterocycles. The molecule has 0 saturated carbocycles. The van der Waals surface area contributed by atoms with Gasteiger partial charge in [-0.2, -0.15) is 0 Å². The lowest BCUT2D eigenvalue weighted by Crippen LogP contribution is -2.49. The van der Waals surface area contributed by atoms with Gasteiger partial charge in [-0.05, 0) is 12.1 Å². The van der Waals surface area contributed by atoms with Gasteiger partial charge < -0.3 is 45.8 Å². The van der Waals surface area contributed by atoms with E-state index in [9.17, 15) is 25.5 Å². The fraction of sp³-hybridized carbons (Fsp3) is 0.333. The molecule has 11 nitrogen and oxygen atoms in total. The Kier molecular flexibility index (Phi) is 7.76. The van der Waals surface area contributed by atoms with E-state index in [2.05, 4.69) is 20.4 Å². The maximum atomic E-state index is 10.6. The van der Waals surface area contributed by atoms with Gasteiger partial charge >= 0.3 is 0 Å². The molecule has 1 aliphatic rings. The number of oxime groups is 1. The van der Waals surface area contributed by atoms with Gasteiger partial charge in [0, 0.05) is 29.6 Å². The molecule has 1 aliphatic heterocycles. The smallest absolute Gasteiger partial charge is 0.199 e. The third kappa shape index (κ3) is 5.20. The van der Waals surface area contributed by atoms with E-state index in [1.54, 1.807) is 0 Å². The van der Waals surface area contributed by atoms with Crippen molar-refractivity contribution < 1.29 is 35.5 Å². The van der Waals surface area contributed by atoms with Gasteiger partial charge in [0.2, 0.25) is 0 Å². The molecular weight excluding hydrogens is 456 g/mol. The van der Waals surface area contributed by atoms with Crippen molar-refractivity contribution in [2.24, 2.45) is 10.1 Å². The summed E-state index contributed by atoms with van der Waals surface area (Å²) >= 11 is 0. The van der Waals surface area contributed by atoms with E-state index < -0.39 is 31.0 Å². The molecular formula is C24H28N4O7. The van der Waals surface area contributed by atoms with Gasteiger partial charge in [0.15, 0.2) is 5.88 Å². The monoisotopic (exact) mass is 484 g/mol. The molecule has 35 heavy (non-hydrogen) atoms. The SMILES string of the molecule is OCC(O)C(O)C(O)C(O)CNCCON=C1C(c2c(O)[nH]c3ccccc23)=Nc2ccccc21. The molecule has 4 atom stereocenters. The standard InChI is InChI=1S/C24H28N4O7/c29-12-18(31)23(33)22(32)17(30)11-25-9-10-35-28-20-14-6-2-4-8-16(14)26-21(20)19-13-5-1-3-7-15(13)27-24(19)34/h1-8,17-18,22-23,25,27,29-34H,9-12H2. The third-order valence-electron chi connectivity index (χ3n) is 5.74. The molecule has 186 valence electrons. The average molecular weight is 485 g/mol. The van der Waals surface area contributed by atoms with Gasteiger partial charge in [-0.15, -0.1) is 0 Å². The summed E-state index contributed by atoms with van der Waals surface area (Å²) in [6.45, 7) is -0.457. The molecule has 3 aromatic rings. The highest BCUT2D eigenvalue weighted by atomic mass is 16.6. The van der Waals surface area contributed by atoms with Crippen LogP contribution in [0.1, 0.15) is 11.1 Å². The fourth-order valence-corrected chi connectivity index (χ4v) is 3.87. The number of aromatic nitrogens is 1. The third-order valence-corrected chi connectivity index (χ3v) is 5.74. The number of hydrogen-bond acceptors (Lipinski definition) is 10. The molecule has 2 heterocycles. The summed E-state index contributed by atoms with van der Waals surface area (Å²) in [5.74, 6) is -0.0202. The summed E-state index contributed by atoms with van der Waals surface area (Å²) in [5.41, 5.74) is 3.70. The predicted molar refractivity (Wildman–Crippen MR) is 129 cm³/mol. The molecule has 4 unspecified atom stereocenters. The quantitative estimate of drug-likeness (QED) is 0.135. The Labute approximate surface area is 200 Å². The highest BCUT2D eigenvalue weighted by Gasteiger charge is 2.30. The number of aromatic hydroxyl groups is 1. The Hall–Kier alpha value is -3.32. The van der Waals surface area contributed by atoms with E-state index in [4.69, 9.17) is 9.94 Å². The van der Waals surface area contributed by atoms with Crippen LogP contribution in [-0.4, -0.2) is 97.8 Å². The van der Waals surface area contributed by atoms with Crippen molar-refractivity contribution in [2.45, 2.75) is 24.4 Å². The van der Waals surface area contributed by atoms with E-state index in [1.807, 2.05) is 48.5 Å². The van der Waals surface area contributed by atoms with E-state index in [1.165, 1.54) is 0 Å². The van der Waals surface area contributed by atoms with Gasteiger partial charge in [0.25, 0.3) is 0 Å². The first kappa shape index (κ1) is 24.8. The zero-order chi connectivity index (χ0) is 24.9. The van der Waals surface area contributed by atoms with Crippen LogP contribution in [0.4, 0.5) is 5.69 Å². The molecule has 0 fully saturated rings. The largest absolute Gasteiger partial charge is 0.494 e. The van der Waals surface area contributed by atoms with Crippen LogP contribution in [-0.2, 0) is 4.84 Å². The second-order valence-electron chi connectivity index (χ2n) is 8.15. The van der Waals surface area contributed by atoms with Crippen molar-refractivity contribution >= 4 is 28.0 Å². The second kappa shape index (κ2) is 11.0. The van der Waals surface area contributed by atoms with Crippen molar-refractivity contribution in [3.8, 4) is 5.88 Å². The molecule has 1 aromatic heterocycles. The number of rotatable bonds is 11. The highest BCUT2D eigenvalue weighted by molar-refractivity contribution is 6.58. The average Bonchev–Trinajstić information content (AvgIpc) is 3.40. The van der Waals surface area contributed by atoms with Gasteiger partial charge in [-0.25, -0.2) is 4.99 Å². The Balaban J connectivity index is 1.41. The lowest BCUT2D eigenvalue weighted by molar-refractivity contribution is -0.114. The minimum atomic E-state index is -1.68. The van der Waals surface area contributed by atoms with Crippen LogP contribution < -0.4 is 5.32 Å². The topological polar surface area (TPSA) is 183 Å². The first-order chi connectivity index (χ1) is 16.9. The number of aliphatic hydroxyl groups is 5. The number of fused-ring (bicyclic) bond motifs is 2. The summed E-state index contributed by atoms with van der Waals surface area (Å²) in [5, 5.41) is 66.2. The second-order valence-corrected chi connectivity index (χ2v) is 8.15. The first-order valence-corrected chi connectivity index (χ1v) is 11.1.